The van der Waals surface area contributed by atoms with Gasteiger partial charge in [-0.1, -0.05) is 103 Å². The summed E-state index contributed by atoms with van der Waals surface area (Å²) < 4.78 is 2.27. The molecule has 2 aliphatic carbocycles. The van der Waals surface area contributed by atoms with Crippen LogP contribution in [0.15, 0.2) is 174 Å². The third-order valence-corrected chi connectivity index (χ3v) is 8.98. The lowest BCUT2D eigenvalue weighted by atomic mass is 9.99. The molecule has 0 atom stereocenters. The van der Waals surface area contributed by atoms with Gasteiger partial charge in [0.1, 0.15) is 0 Å². The predicted molar refractivity (Wildman–Crippen MR) is 201 cm³/mol. The molecule has 5 aromatic rings. The average Bonchev–Trinajstić information content (AvgIpc) is 3.28. The fraction of sp³-hybridized carbons (Fsp3) is 0.0455. The van der Waals surface area contributed by atoms with Crippen molar-refractivity contribution in [3.63, 3.8) is 0 Å². The third kappa shape index (κ3) is 5.64. The maximum Gasteiger partial charge on any atom is 0.0848 e. The molecule has 0 spiro atoms. The summed E-state index contributed by atoms with van der Waals surface area (Å²) in [5.41, 5.74) is 21.0. The van der Waals surface area contributed by atoms with Gasteiger partial charge in [-0.15, -0.1) is 5.73 Å². The van der Waals surface area contributed by atoms with Gasteiger partial charge in [-0.2, -0.15) is 0 Å². The van der Waals surface area contributed by atoms with Crippen molar-refractivity contribution in [2.24, 2.45) is 7.05 Å². The van der Waals surface area contributed by atoms with Gasteiger partial charge in [0.2, 0.25) is 0 Å². The summed E-state index contributed by atoms with van der Waals surface area (Å²) in [4.78, 5) is 2.19. The lowest BCUT2D eigenvalue weighted by molar-refractivity contribution is 1.01. The highest BCUT2D eigenvalue weighted by Crippen LogP contribution is 2.35. The molecular formula is C44H35N3. The second kappa shape index (κ2) is 12.4. The second-order valence-corrected chi connectivity index (χ2v) is 11.8. The summed E-state index contributed by atoms with van der Waals surface area (Å²) in [5, 5.41) is 2.58. The first-order valence-electron chi connectivity index (χ1n) is 15.6. The summed E-state index contributed by atoms with van der Waals surface area (Å²) in [6.45, 7) is 0. The summed E-state index contributed by atoms with van der Waals surface area (Å²) in [6, 6.07) is 32.5. The molecule has 1 aromatic heterocycles. The van der Waals surface area contributed by atoms with Gasteiger partial charge in [0.15, 0.2) is 0 Å². The van der Waals surface area contributed by atoms with E-state index in [1.165, 1.54) is 49.7 Å². The number of aryl methyl sites for hydroxylation is 1. The van der Waals surface area contributed by atoms with E-state index in [-0.39, 0.29) is 6.15 Å². The van der Waals surface area contributed by atoms with E-state index >= 15 is 0 Å². The third-order valence-electron chi connectivity index (χ3n) is 8.98. The van der Waals surface area contributed by atoms with E-state index in [9.17, 15) is 0 Å². The topological polar surface area (TPSA) is 43.2 Å². The molecule has 0 saturated carbocycles. The van der Waals surface area contributed by atoms with Crippen molar-refractivity contribution in [2.45, 2.75) is 0 Å². The van der Waals surface area contributed by atoms with Crippen LogP contribution in [0.1, 0.15) is 22.3 Å². The SMILES string of the molecule is CN1C2=C=C(C=C(C=CC3=C=CC=C(c4ccc(C=Cc5ccc6c(c5)c5ccccc5n6C)cc4)C=C3)C=C2)c2ccccc21.N. The molecule has 0 unspecified atom stereocenters. The monoisotopic (exact) mass is 605 g/mol. The zero-order valence-electron chi connectivity index (χ0n) is 26.6. The second-order valence-electron chi connectivity index (χ2n) is 11.8. The molecule has 2 bridgehead atoms. The van der Waals surface area contributed by atoms with Crippen molar-refractivity contribution >= 4 is 50.8 Å². The number of para-hydroxylation sites is 2. The molecule has 0 saturated heterocycles. The minimum absolute atomic E-state index is 0. The number of hydrogen-bond acceptors (Lipinski definition) is 2. The van der Waals surface area contributed by atoms with Crippen LogP contribution in [-0.2, 0) is 7.05 Å². The van der Waals surface area contributed by atoms with E-state index in [0.717, 1.165) is 28.0 Å². The molecule has 3 N–H and O–H groups in total. The Bertz CT molecular complexity index is 2380. The molecule has 0 amide bonds. The van der Waals surface area contributed by atoms with Crippen LogP contribution >= 0.6 is 0 Å². The van der Waals surface area contributed by atoms with Gasteiger partial charge in [-0.3, -0.25) is 0 Å². The average molecular weight is 606 g/mol. The van der Waals surface area contributed by atoms with Crippen molar-refractivity contribution in [1.82, 2.24) is 10.7 Å². The first kappa shape index (κ1) is 29.6. The predicted octanol–water partition coefficient (Wildman–Crippen LogP) is 10.8. The molecule has 0 radical (unpaired) electrons. The Kier molecular flexibility index (Phi) is 7.80. The highest BCUT2D eigenvalue weighted by molar-refractivity contribution is 6.08. The van der Waals surface area contributed by atoms with Gasteiger partial charge in [0.25, 0.3) is 0 Å². The summed E-state index contributed by atoms with van der Waals surface area (Å²) >= 11 is 0. The number of hydrogen-bond donors (Lipinski definition) is 1. The largest absolute Gasteiger partial charge is 0.344 e. The number of likely N-dealkylation sites (N-methyl/N-ethyl adjacent to an activating group) is 1. The zero-order valence-corrected chi connectivity index (χ0v) is 26.6. The van der Waals surface area contributed by atoms with E-state index < -0.39 is 0 Å². The number of benzene rings is 4. The number of aromatic nitrogens is 1. The van der Waals surface area contributed by atoms with Crippen LogP contribution in [0.5, 0.6) is 0 Å². The normalized spacial score (nSPS) is 15.2. The van der Waals surface area contributed by atoms with E-state index in [1.807, 2.05) is 6.08 Å². The van der Waals surface area contributed by atoms with Crippen molar-refractivity contribution in [3.05, 3.63) is 196 Å². The van der Waals surface area contributed by atoms with Gasteiger partial charge in [-0.05, 0) is 88.6 Å². The van der Waals surface area contributed by atoms with Gasteiger partial charge >= 0.3 is 0 Å². The summed E-state index contributed by atoms with van der Waals surface area (Å²) in [6.07, 6.45) is 23.6. The quantitative estimate of drug-likeness (QED) is 0.160. The molecule has 0 fully saturated rings. The van der Waals surface area contributed by atoms with Crippen molar-refractivity contribution in [3.8, 4) is 0 Å². The minimum Gasteiger partial charge on any atom is -0.344 e. The minimum atomic E-state index is 0. The Morgan fingerprint density at radius 3 is 2.32 bits per heavy atom. The van der Waals surface area contributed by atoms with Crippen molar-refractivity contribution < 1.29 is 0 Å². The van der Waals surface area contributed by atoms with E-state index in [2.05, 4.69) is 187 Å². The van der Waals surface area contributed by atoms with Crippen LogP contribution in [0.4, 0.5) is 5.69 Å². The fourth-order valence-corrected chi connectivity index (χ4v) is 6.44. The number of fused-ring (bicyclic) bond motifs is 5. The van der Waals surface area contributed by atoms with Crippen LogP contribution in [0.2, 0.25) is 0 Å². The number of anilines is 1. The van der Waals surface area contributed by atoms with Crippen molar-refractivity contribution in [2.75, 3.05) is 11.9 Å². The molecule has 3 aliphatic rings. The molecule has 47 heavy (non-hydrogen) atoms. The van der Waals surface area contributed by atoms with Crippen LogP contribution in [-0.4, -0.2) is 11.6 Å². The molecule has 226 valence electrons. The first-order valence-corrected chi connectivity index (χ1v) is 15.6. The van der Waals surface area contributed by atoms with Crippen LogP contribution in [0, 0.1) is 0 Å². The van der Waals surface area contributed by atoms with Gasteiger partial charge in [0, 0.05) is 58.3 Å². The molecule has 3 nitrogen and oxygen atoms in total. The Labute approximate surface area is 276 Å². The highest BCUT2D eigenvalue weighted by atomic mass is 15.1. The molecule has 2 heterocycles. The molecule has 3 heteroatoms. The highest BCUT2D eigenvalue weighted by Gasteiger charge is 2.18. The zero-order chi connectivity index (χ0) is 31.0. The van der Waals surface area contributed by atoms with Gasteiger partial charge in [0.05, 0.1) is 5.70 Å². The number of allylic oxidation sites excluding steroid dienone is 11. The Hall–Kier alpha value is -6.08. The summed E-state index contributed by atoms with van der Waals surface area (Å²) in [5.74, 6) is 0. The molecule has 4 aromatic carbocycles. The van der Waals surface area contributed by atoms with E-state index in [0.29, 0.717) is 0 Å². The Balaban J connectivity index is 0.00000351. The molecule has 8 rings (SSSR count). The lowest BCUT2D eigenvalue weighted by Gasteiger charge is -2.25. The van der Waals surface area contributed by atoms with Crippen molar-refractivity contribution in [1.29, 1.82) is 0 Å². The molecule has 1 aliphatic heterocycles. The first-order chi connectivity index (χ1) is 22.6. The van der Waals surface area contributed by atoms with Crippen LogP contribution < -0.4 is 11.1 Å². The Morgan fingerprint density at radius 2 is 1.43 bits per heavy atom. The maximum absolute atomic E-state index is 3.56. The molecular weight excluding hydrogens is 571 g/mol. The Morgan fingerprint density at radius 1 is 0.660 bits per heavy atom. The van der Waals surface area contributed by atoms with Gasteiger partial charge < -0.3 is 15.6 Å². The van der Waals surface area contributed by atoms with E-state index in [4.69, 9.17) is 0 Å². The van der Waals surface area contributed by atoms with Crippen LogP contribution in [0.3, 0.4) is 0 Å². The fourth-order valence-electron chi connectivity index (χ4n) is 6.44. The number of nitrogens with zero attached hydrogens (tertiary/aromatic N) is 2. The summed E-state index contributed by atoms with van der Waals surface area (Å²) in [7, 11) is 4.23. The maximum atomic E-state index is 3.56. The smallest absolute Gasteiger partial charge is 0.0848 e. The standard InChI is InChI=1S/C44H32N2.H3N/c1-45-38-26-21-33(28-37(30-38)39-10-3-5-12-42(39)45)16-14-31-8-7-9-35(23-18-31)36-24-19-32(20-25-36)15-17-34-22-27-44-41(29-34)40-11-4-6-13-43(40)46(44)2;/h3-7,9-29H,1-2H3;1H3. The van der Waals surface area contributed by atoms with Crippen LogP contribution in [0.25, 0.3) is 45.1 Å². The number of rotatable bonds is 5. The van der Waals surface area contributed by atoms with Gasteiger partial charge in [-0.25, -0.2) is 0 Å². The lowest BCUT2D eigenvalue weighted by Crippen LogP contribution is -2.17. The van der Waals surface area contributed by atoms with E-state index in [1.54, 1.807) is 0 Å².